The summed E-state index contributed by atoms with van der Waals surface area (Å²) in [5.74, 6) is -0.556. The van der Waals surface area contributed by atoms with Crippen LogP contribution in [-0.4, -0.2) is 51.4 Å². The molecule has 2 N–H and O–H groups in total. The van der Waals surface area contributed by atoms with E-state index >= 15 is 0 Å². The van der Waals surface area contributed by atoms with Crippen LogP contribution < -0.4 is 5.14 Å². The number of hydrogen-bond donors (Lipinski definition) is 1. The van der Waals surface area contributed by atoms with Gasteiger partial charge in [-0.2, -0.15) is 0 Å². The van der Waals surface area contributed by atoms with Gasteiger partial charge in [0.15, 0.2) is 12.4 Å². The molecule has 1 aromatic heterocycles. The fourth-order valence-corrected chi connectivity index (χ4v) is 3.83. The van der Waals surface area contributed by atoms with Gasteiger partial charge >= 0.3 is 5.97 Å². The highest BCUT2D eigenvalue weighted by atomic mass is 32.2. The monoisotopic (exact) mass is 518 g/mol. The quantitative estimate of drug-likeness (QED) is 0.273. The molecule has 0 radical (unpaired) electrons. The lowest BCUT2D eigenvalue weighted by atomic mass is 10.0. The van der Waals surface area contributed by atoms with Crippen LogP contribution in [0.1, 0.15) is 41.7 Å². The normalized spacial score (nSPS) is 12.0. The summed E-state index contributed by atoms with van der Waals surface area (Å²) < 4.78 is 43.6. The van der Waals surface area contributed by atoms with Gasteiger partial charge in [-0.15, -0.1) is 5.10 Å². The lowest BCUT2D eigenvalue weighted by Gasteiger charge is -2.10. The van der Waals surface area contributed by atoms with Crippen LogP contribution in [-0.2, 0) is 43.0 Å². The number of benzene rings is 2. The maximum absolute atomic E-state index is 14.9. The highest BCUT2D eigenvalue weighted by Crippen LogP contribution is 2.21. The molecule has 0 aliphatic heterocycles. The number of carbonyl (C=O) groups excluding carboxylic acids is 1. The number of ether oxygens (including phenoxy) is 3. The molecule has 194 valence electrons. The van der Waals surface area contributed by atoms with Gasteiger partial charge in [0.2, 0.25) is 0 Å². The number of hydrogen-bond acceptors (Lipinski definition) is 7. The lowest BCUT2D eigenvalue weighted by Crippen LogP contribution is -2.15. The number of aromatic nitrogens is 3. The van der Waals surface area contributed by atoms with Crippen molar-refractivity contribution in [3.05, 3.63) is 70.6 Å². The van der Waals surface area contributed by atoms with Crippen molar-refractivity contribution in [3.63, 3.8) is 0 Å². The maximum Gasteiger partial charge on any atom is 0.332 e. The van der Waals surface area contributed by atoms with E-state index in [1.54, 1.807) is 0 Å². The van der Waals surface area contributed by atoms with Gasteiger partial charge in [0.1, 0.15) is 34.9 Å². The van der Waals surface area contributed by atoms with E-state index < -0.39 is 22.8 Å². The Morgan fingerprint density at radius 3 is 2.61 bits per heavy atom. The van der Waals surface area contributed by atoms with Crippen LogP contribution >= 0.6 is 0 Å². The van der Waals surface area contributed by atoms with Gasteiger partial charge < -0.3 is 14.2 Å². The average molecular weight is 519 g/mol. The zero-order valence-corrected chi connectivity index (χ0v) is 21.5. The molecule has 1 heterocycles. The highest BCUT2D eigenvalue weighted by Gasteiger charge is 2.18. The zero-order valence-electron chi connectivity index (χ0n) is 20.7. The van der Waals surface area contributed by atoms with Crippen LogP contribution in [0, 0.1) is 19.7 Å². The fraction of sp³-hybridized carbons (Fsp3) is 0.400. The lowest BCUT2D eigenvalue weighted by molar-refractivity contribution is -0.151. The first-order valence-electron chi connectivity index (χ1n) is 11.6. The van der Waals surface area contributed by atoms with Crippen molar-refractivity contribution in [1.29, 1.82) is 0 Å². The van der Waals surface area contributed by atoms with E-state index in [1.165, 1.54) is 16.8 Å². The third kappa shape index (κ3) is 7.76. The minimum atomic E-state index is -1.82. The largest absolute Gasteiger partial charge is 0.456 e. The van der Waals surface area contributed by atoms with Crippen LogP contribution in [0.5, 0.6) is 0 Å². The first kappa shape index (κ1) is 27.6. The molecule has 3 rings (SSSR count). The standard InChI is InChI=1S/C25H31FN4O5S/c1-4-9-33-10-11-34-16-25(31)35-15-23-28-24(13-19-12-17(2)5-6-18(19)3)30(29-23)22-8-7-20(36(27)32)14-21(22)26/h5-8,12,14H,4,9-11,13,15-16,27H2,1-3H3. The van der Waals surface area contributed by atoms with Crippen LogP contribution in [0.4, 0.5) is 4.39 Å². The van der Waals surface area contributed by atoms with Crippen LogP contribution in [0.25, 0.3) is 5.69 Å². The molecular formula is C25H31FN4O5S. The predicted octanol–water partition coefficient (Wildman–Crippen LogP) is 3.08. The van der Waals surface area contributed by atoms with Crippen molar-refractivity contribution in [3.8, 4) is 5.69 Å². The predicted molar refractivity (Wildman–Crippen MR) is 132 cm³/mol. The molecule has 3 aromatic rings. The smallest absolute Gasteiger partial charge is 0.332 e. The van der Waals surface area contributed by atoms with E-state index in [0.29, 0.717) is 25.5 Å². The van der Waals surface area contributed by atoms with Gasteiger partial charge in [-0.3, -0.25) is 0 Å². The van der Waals surface area contributed by atoms with E-state index in [9.17, 15) is 13.4 Å². The Morgan fingerprint density at radius 2 is 1.89 bits per heavy atom. The number of nitrogens with zero attached hydrogens (tertiary/aromatic N) is 3. The Hall–Kier alpha value is -2.99. The summed E-state index contributed by atoms with van der Waals surface area (Å²) in [7, 11) is -1.82. The van der Waals surface area contributed by atoms with Crippen LogP contribution in [0.15, 0.2) is 41.3 Å². The molecule has 2 aromatic carbocycles. The summed E-state index contributed by atoms with van der Waals surface area (Å²) in [4.78, 5) is 16.7. The number of aryl methyl sites for hydroxylation is 2. The first-order valence-corrected chi connectivity index (χ1v) is 12.8. The molecule has 0 aliphatic rings. The Morgan fingerprint density at radius 1 is 1.11 bits per heavy atom. The van der Waals surface area contributed by atoms with Crippen molar-refractivity contribution in [1.82, 2.24) is 14.8 Å². The SMILES string of the molecule is CCCOCCOCC(=O)OCc1nc(Cc2cc(C)ccc2C)n(-c2ccc(S(N)=O)cc2F)n1. The van der Waals surface area contributed by atoms with E-state index in [-0.39, 0.29) is 36.2 Å². The van der Waals surface area contributed by atoms with Gasteiger partial charge in [0.05, 0.1) is 18.1 Å². The van der Waals surface area contributed by atoms with Gasteiger partial charge in [0.25, 0.3) is 0 Å². The number of esters is 1. The van der Waals surface area contributed by atoms with E-state index in [1.807, 2.05) is 39.0 Å². The zero-order chi connectivity index (χ0) is 26.1. The van der Waals surface area contributed by atoms with Gasteiger partial charge in [-0.05, 0) is 49.6 Å². The minimum Gasteiger partial charge on any atom is -0.456 e. The summed E-state index contributed by atoms with van der Waals surface area (Å²) >= 11 is 0. The summed E-state index contributed by atoms with van der Waals surface area (Å²) in [6.45, 7) is 6.87. The molecule has 0 saturated carbocycles. The summed E-state index contributed by atoms with van der Waals surface area (Å²) in [6, 6.07) is 10.1. The third-order valence-corrected chi connectivity index (χ3v) is 5.97. The van der Waals surface area contributed by atoms with Gasteiger partial charge in [-0.25, -0.2) is 28.2 Å². The maximum atomic E-state index is 14.9. The second-order valence-corrected chi connectivity index (χ2v) is 9.27. The Kier molecular flexibility index (Phi) is 10.2. The summed E-state index contributed by atoms with van der Waals surface area (Å²) in [5, 5.41) is 9.76. The third-order valence-electron chi connectivity index (χ3n) is 5.25. The van der Waals surface area contributed by atoms with Crippen molar-refractivity contribution < 1.29 is 27.6 Å². The summed E-state index contributed by atoms with van der Waals surface area (Å²) in [5.41, 5.74) is 3.25. The topological polar surface area (TPSA) is 119 Å². The number of rotatable bonds is 13. The Labute approximate surface area is 212 Å². The second kappa shape index (κ2) is 13.4. The molecule has 0 saturated heterocycles. The Balaban J connectivity index is 1.78. The first-order chi connectivity index (χ1) is 17.3. The van der Waals surface area contributed by atoms with Crippen molar-refractivity contribution in [2.24, 2.45) is 5.14 Å². The molecule has 9 nitrogen and oxygen atoms in total. The molecule has 0 aliphatic carbocycles. The molecule has 0 fully saturated rings. The second-order valence-electron chi connectivity index (χ2n) is 8.20. The molecule has 0 amide bonds. The minimum absolute atomic E-state index is 0.116. The van der Waals surface area contributed by atoms with Crippen LogP contribution in [0.2, 0.25) is 0 Å². The van der Waals surface area contributed by atoms with E-state index in [4.69, 9.17) is 19.3 Å². The van der Waals surface area contributed by atoms with Crippen molar-refractivity contribution in [2.75, 3.05) is 26.4 Å². The molecule has 11 heteroatoms. The molecule has 0 bridgehead atoms. The highest BCUT2D eigenvalue weighted by molar-refractivity contribution is 7.82. The molecule has 1 atom stereocenters. The molecule has 0 spiro atoms. The fourth-order valence-electron chi connectivity index (χ4n) is 3.41. The number of nitrogens with two attached hydrogens (primary N) is 1. The van der Waals surface area contributed by atoms with Gasteiger partial charge in [-0.1, -0.05) is 30.7 Å². The molecular weight excluding hydrogens is 487 g/mol. The summed E-state index contributed by atoms with van der Waals surface area (Å²) in [6.07, 6.45) is 1.28. The van der Waals surface area contributed by atoms with Gasteiger partial charge in [0, 0.05) is 13.0 Å². The van der Waals surface area contributed by atoms with E-state index in [2.05, 4.69) is 10.1 Å². The van der Waals surface area contributed by atoms with E-state index in [0.717, 1.165) is 29.2 Å². The molecule has 36 heavy (non-hydrogen) atoms. The Bertz CT molecular complexity index is 1220. The van der Waals surface area contributed by atoms with Crippen molar-refractivity contribution in [2.45, 2.75) is 45.1 Å². The molecule has 1 unspecified atom stereocenters. The number of carbonyl (C=O) groups is 1. The average Bonchev–Trinajstić information content (AvgIpc) is 3.24. The van der Waals surface area contributed by atoms with Crippen LogP contribution in [0.3, 0.4) is 0 Å². The van der Waals surface area contributed by atoms with Crippen molar-refractivity contribution >= 4 is 17.0 Å². The number of halogens is 1.